The second-order valence-corrected chi connectivity index (χ2v) is 7.54. The molecule has 3 rings (SSSR count). The van der Waals surface area contributed by atoms with Gasteiger partial charge < -0.3 is 10.0 Å². The first-order valence-corrected chi connectivity index (χ1v) is 8.16. The second-order valence-electron chi connectivity index (χ2n) is 5.61. The van der Waals surface area contributed by atoms with Crippen molar-refractivity contribution < 1.29 is 27.1 Å². The molecule has 2 aliphatic heterocycles. The van der Waals surface area contributed by atoms with Crippen LogP contribution in [0.3, 0.4) is 0 Å². The van der Waals surface area contributed by atoms with Gasteiger partial charge in [-0.2, -0.15) is 4.31 Å². The summed E-state index contributed by atoms with van der Waals surface area (Å²) in [6, 6.07) is 2.49. The molecule has 22 heavy (non-hydrogen) atoms. The van der Waals surface area contributed by atoms with Crippen molar-refractivity contribution in [3.63, 3.8) is 0 Å². The molecule has 9 heteroatoms. The summed E-state index contributed by atoms with van der Waals surface area (Å²) in [7, 11) is -3.90. The monoisotopic (exact) mass is 332 g/mol. The fraction of sp³-hybridized carbons (Fsp3) is 0.462. The van der Waals surface area contributed by atoms with Crippen LogP contribution in [0.1, 0.15) is 0 Å². The van der Waals surface area contributed by atoms with Gasteiger partial charge in [0.15, 0.2) is 11.6 Å². The van der Waals surface area contributed by atoms with Crippen molar-refractivity contribution in [2.45, 2.75) is 4.90 Å². The van der Waals surface area contributed by atoms with Gasteiger partial charge in [-0.15, -0.1) is 0 Å². The molecule has 120 valence electrons. The van der Waals surface area contributed by atoms with E-state index < -0.39 is 27.8 Å². The van der Waals surface area contributed by atoms with Crippen LogP contribution in [0.2, 0.25) is 0 Å². The minimum absolute atomic E-state index is 0.0591. The topological polar surface area (TPSA) is 77.9 Å². The Balaban J connectivity index is 1.79. The highest BCUT2D eigenvalue weighted by molar-refractivity contribution is 7.89. The molecule has 2 fully saturated rings. The highest BCUT2D eigenvalue weighted by atomic mass is 32.2. The molecule has 0 spiro atoms. The molecule has 0 aliphatic carbocycles. The number of benzene rings is 1. The second kappa shape index (κ2) is 5.17. The number of rotatable bonds is 2. The van der Waals surface area contributed by atoms with Crippen molar-refractivity contribution in [2.24, 2.45) is 11.8 Å². The number of nitrogens with zero attached hydrogens (tertiary/aromatic N) is 2. The maximum absolute atomic E-state index is 13.2. The smallest absolute Gasteiger partial charge is 0.407 e. The first-order chi connectivity index (χ1) is 10.3. The quantitative estimate of drug-likeness (QED) is 0.883. The van der Waals surface area contributed by atoms with E-state index in [-0.39, 0.29) is 29.8 Å². The molecule has 0 unspecified atom stereocenters. The van der Waals surface area contributed by atoms with E-state index in [4.69, 9.17) is 5.11 Å². The summed E-state index contributed by atoms with van der Waals surface area (Å²) in [6.07, 6.45) is -1.01. The van der Waals surface area contributed by atoms with Crippen LogP contribution in [0.4, 0.5) is 13.6 Å². The lowest BCUT2D eigenvalue weighted by molar-refractivity contribution is 0.151. The Kier molecular flexibility index (Phi) is 3.56. The molecule has 1 N–H and O–H groups in total. The molecule has 6 nitrogen and oxygen atoms in total. The highest BCUT2D eigenvalue weighted by Gasteiger charge is 2.45. The van der Waals surface area contributed by atoms with Crippen molar-refractivity contribution in [3.05, 3.63) is 29.8 Å². The number of hydrogen-bond donors (Lipinski definition) is 1. The van der Waals surface area contributed by atoms with Gasteiger partial charge in [-0.05, 0) is 30.0 Å². The van der Waals surface area contributed by atoms with Gasteiger partial charge in [0.25, 0.3) is 0 Å². The van der Waals surface area contributed by atoms with Gasteiger partial charge in [0, 0.05) is 26.2 Å². The molecule has 2 atom stereocenters. The van der Waals surface area contributed by atoms with Crippen LogP contribution in [-0.2, 0) is 10.0 Å². The normalized spacial score (nSPS) is 25.5. The molecule has 2 heterocycles. The van der Waals surface area contributed by atoms with Crippen LogP contribution in [0.25, 0.3) is 0 Å². The number of sulfonamides is 1. The van der Waals surface area contributed by atoms with Crippen molar-refractivity contribution in [3.8, 4) is 0 Å². The standard InChI is InChI=1S/C13H14F2N2O4S/c14-11-2-1-10(3-12(11)15)22(20,21)17-6-8-4-16(13(18)19)5-9(8)7-17/h1-3,8-9H,4-7H2,(H,18,19)/t8-,9+. The molecule has 0 radical (unpaired) electrons. The number of carbonyl (C=O) groups is 1. The molecular weight excluding hydrogens is 318 g/mol. The van der Waals surface area contributed by atoms with Gasteiger partial charge in [0.1, 0.15) is 0 Å². The zero-order valence-electron chi connectivity index (χ0n) is 11.4. The Morgan fingerprint density at radius 2 is 1.68 bits per heavy atom. The zero-order chi connectivity index (χ0) is 16.1. The molecule has 0 aromatic heterocycles. The van der Waals surface area contributed by atoms with Crippen molar-refractivity contribution in [1.29, 1.82) is 0 Å². The lowest BCUT2D eigenvalue weighted by atomic mass is 10.0. The third-order valence-corrected chi connectivity index (χ3v) is 6.08. The lowest BCUT2D eigenvalue weighted by Gasteiger charge is -2.20. The Morgan fingerprint density at radius 3 is 2.18 bits per heavy atom. The summed E-state index contributed by atoms with van der Waals surface area (Å²) in [5, 5.41) is 8.95. The summed E-state index contributed by atoms with van der Waals surface area (Å²) in [5.41, 5.74) is 0. The maximum atomic E-state index is 13.2. The molecule has 0 bridgehead atoms. The number of hydrogen-bond acceptors (Lipinski definition) is 3. The first-order valence-electron chi connectivity index (χ1n) is 6.72. The van der Waals surface area contributed by atoms with Gasteiger partial charge in [-0.3, -0.25) is 0 Å². The molecule has 1 aromatic carbocycles. The van der Waals surface area contributed by atoms with Crippen molar-refractivity contribution >= 4 is 16.1 Å². The molecular formula is C13H14F2N2O4S. The predicted molar refractivity (Wildman–Crippen MR) is 71.7 cm³/mol. The number of amides is 1. The largest absolute Gasteiger partial charge is 0.465 e. The van der Waals surface area contributed by atoms with Crippen molar-refractivity contribution in [2.75, 3.05) is 26.2 Å². The Hall–Kier alpha value is -1.74. The van der Waals surface area contributed by atoms with Gasteiger partial charge in [-0.25, -0.2) is 22.0 Å². The molecule has 2 aliphatic rings. The van der Waals surface area contributed by atoms with E-state index in [9.17, 15) is 22.0 Å². The fourth-order valence-corrected chi connectivity index (χ4v) is 4.65. The Morgan fingerprint density at radius 1 is 1.09 bits per heavy atom. The van der Waals surface area contributed by atoms with E-state index >= 15 is 0 Å². The van der Waals surface area contributed by atoms with Crippen LogP contribution >= 0.6 is 0 Å². The van der Waals surface area contributed by atoms with Crippen LogP contribution in [0.5, 0.6) is 0 Å². The van der Waals surface area contributed by atoms with Gasteiger partial charge in [0.05, 0.1) is 4.90 Å². The highest BCUT2D eigenvalue weighted by Crippen LogP contribution is 2.34. The molecule has 1 aromatic rings. The molecule has 1 amide bonds. The van der Waals surface area contributed by atoms with Crippen LogP contribution in [0.15, 0.2) is 23.1 Å². The van der Waals surface area contributed by atoms with E-state index in [1.165, 1.54) is 9.21 Å². The van der Waals surface area contributed by atoms with E-state index in [1.54, 1.807) is 0 Å². The fourth-order valence-electron chi connectivity index (χ4n) is 3.09. The van der Waals surface area contributed by atoms with Gasteiger partial charge >= 0.3 is 6.09 Å². The van der Waals surface area contributed by atoms with Crippen LogP contribution < -0.4 is 0 Å². The van der Waals surface area contributed by atoms with E-state index in [1.807, 2.05) is 0 Å². The minimum atomic E-state index is -3.90. The Bertz CT molecular complexity index is 711. The lowest BCUT2D eigenvalue weighted by Crippen LogP contribution is -2.35. The number of halogens is 2. The summed E-state index contributed by atoms with van der Waals surface area (Å²) in [5.74, 6) is -2.43. The summed E-state index contributed by atoms with van der Waals surface area (Å²) < 4.78 is 52.3. The summed E-state index contributed by atoms with van der Waals surface area (Å²) in [6.45, 7) is 0.971. The average Bonchev–Trinajstić information content (AvgIpc) is 3.00. The minimum Gasteiger partial charge on any atom is -0.465 e. The number of carboxylic acid groups (broad SMARTS) is 1. The zero-order valence-corrected chi connectivity index (χ0v) is 12.3. The van der Waals surface area contributed by atoms with Gasteiger partial charge in [0.2, 0.25) is 10.0 Å². The van der Waals surface area contributed by atoms with Crippen LogP contribution in [-0.4, -0.2) is 55.0 Å². The summed E-state index contributed by atoms with van der Waals surface area (Å²) in [4.78, 5) is 11.9. The first kappa shape index (κ1) is 15.2. The number of fused-ring (bicyclic) bond motifs is 1. The SMILES string of the molecule is O=C(O)N1C[C@@H]2CN(S(=O)(=O)c3ccc(F)c(F)c3)C[C@@H]2C1. The maximum Gasteiger partial charge on any atom is 0.407 e. The Labute approximate surface area is 126 Å². The van der Waals surface area contributed by atoms with Gasteiger partial charge in [-0.1, -0.05) is 0 Å². The van der Waals surface area contributed by atoms with E-state index in [2.05, 4.69) is 0 Å². The molecule has 2 saturated heterocycles. The van der Waals surface area contributed by atoms with Crippen LogP contribution in [0, 0.1) is 23.5 Å². The summed E-state index contributed by atoms with van der Waals surface area (Å²) >= 11 is 0. The van der Waals surface area contributed by atoms with Crippen molar-refractivity contribution in [1.82, 2.24) is 9.21 Å². The molecule has 0 saturated carbocycles. The average molecular weight is 332 g/mol. The third kappa shape index (κ3) is 2.44. The van der Waals surface area contributed by atoms with E-state index in [0.29, 0.717) is 19.2 Å². The van der Waals surface area contributed by atoms with E-state index in [0.717, 1.165) is 12.1 Å². The predicted octanol–water partition coefficient (Wildman–Crippen LogP) is 1.20. The number of likely N-dealkylation sites (tertiary alicyclic amines) is 1. The third-order valence-electron chi connectivity index (χ3n) is 4.25.